The van der Waals surface area contributed by atoms with Crippen molar-refractivity contribution in [2.24, 2.45) is 17.8 Å². The topological polar surface area (TPSA) is 71.1 Å². The molecule has 3 heterocycles. The van der Waals surface area contributed by atoms with Gasteiger partial charge in [-0.1, -0.05) is 0 Å². The minimum absolute atomic E-state index is 0.0212. The Balaban J connectivity index is 1.57. The van der Waals surface area contributed by atoms with E-state index >= 15 is 0 Å². The maximum absolute atomic E-state index is 11.9. The summed E-state index contributed by atoms with van der Waals surface area (Å²) in [5.41, 5.74) is 0. The van der Waals surface area contributed by atoms with Crippen LogP contribution in [0.15, 0.2) is 0 Å². The fourth-order valence-electron chi connectivity index (χ4n) is 4.34. The highest BCUT2D eigenvalue weighted by Gasteiger charge is 2.59. The molecule has 8 atom stereocenters. The van der Waals surface area contributed by atoms with Gasteiger partial charge in [-0.15, -0.1) is 0 Å². The van der Waals surface area contributed by atoms with Gasteiger partial charge in [-0.25, -0.2) is 0 Å². The van der Waals surface area contributed by atoms with Crippen LogP contribution in [0, 0.1) is 17.8 Å². The number of fused-ring (bicyclic) bond motifs is 3. The molecule has 0 radical (unpaired) electrons. The minimum atomic E-state index is -0.358. The monoisotopic (exact) mass is 310 g/mol. The van der Waals surface area contributed by atoms with E-state index in [9.17, 15) is 9.59 Å². The largest absolute Gasteiger partial charge is 0.459 e. The number of carbonyl (C=O) groups is 2. The van der Waals surface area contributed by atoms with Crippen molar-refractivity contribution in [2.45, 2.75) is 63.6 Å². The standard InChI is InChI=1S/C16H22O6/c1-3-19-14(12-8-4-5-9(8)15(17)22-12)13-11-6-10(7(2)20-13)16(18)21-11/h7-14H,3-6H2,1-2H3/t7-,8-,9+,10+,11-,12-,13-,14-/m1/s1. The summed E-state index contributed by atoms with van der Waals surface area (Å²) >= 11 is 0. The van der Waals surface area contributed by atoms with Gasteiger partial charge in [-0.05, 0) is 26.7 Å². The molecule has 0 aromatic rings. The molecule has 4 aliphatic rings. The molecular weight excluding hydrogens is 288 g/mol. The van der Waals surface area contributed by atoms with Gasteiger partial charge in [-0.2, -0.15) is 0 Å². The molecule has 4 fully saturated rings. The summed E-state index contributed by atoms with van der Waals surface area (Å²) in [4.78, 5) is 23.8. The lowest BCUT2D eigenvalue weighted by Crippen LogP contribution is -2.53. The summed E-state index contributed by atoms with van der Waals surface area (Å²) in [7, 11) is 0. The molecule has 4 rings (SSSR count). The van der Waals surface area contributed by atoms with E-state index in [4.69, 9.17) is 18.9 Å². The van der Waals surface area contributed by atoms with Gasteiger partial charge in [0.2, 0.25) is 0 Å². The summed E-state index contributed by atoms with van der Waals surface area (Å²) in [6.07, 6.45) is 1.10. The fraction of sp³-hybridized carbons (Fsp3) is 0.875. The zero-order valence-corrected chi connectivity index (χ0v) is 12.9. The van der Waals surface area contributed by atoms with E-state index in [1.54, 1.807) is 0 Å². The van der Waals surface area contributed by atoms with Gasteiger partial charge in [0.1, 0.15) is 24.4 Å². The molecule has 6 nitrogen and oxygen atoms in total. The molecule has 3 saturated heterocycles. The maximum Gasteiger partial charge on any atom is 0.312 e. The number of rotatable bonds is 4. The van der Waals surface area contributed by atoms with E-state index < -0.39 is 0 Å². The molecule has 0 amide bonds. The van der Waals surface area contributed by atoms with Crippen LogP contribution in [-0.2, 0) is 28.5 Å². The second-order valence-electron chi connectivity index (χ2n) is 6.79. The molecule has 0 N–H and O–H groups in total. The van der Waals surface area contributed by atoms with E-state index in [1.165, 1.54) is 0 Å². The maximum atomic E-state index is 11.9. The van der Waals surface area contributed by atoms with Crippen LogP contribution in [0.25, 0.3) is 0 Å². The predicted octanol–water partition coefficient (Wildman–Crippen LogP) is 1.06. The van der Waals surface area contributed by atoms with Gasteiger partial charge in [0.25, 0.3) is 0 Å². The zero-order valence-electron chi connectivity index (χ0n) is 12.9. The van der Waals surface area contributed by atoms with Gasteiger partial charge in [0.15, 0.2) is 0 Å². The summed E-state index contributed by atoms with van der Waals surface area (Å²) < 4.78 is 23.0. The molecule has 0 spiro atoms. The highest BCUT2D eigenvalue weighted by Crippen LogP contribution is 2.48. The SMILES string of the molecule is CCO[C@H]([C@@H]1OC(=O)[C@H]2CC[C@@H]12)[C@@H]1O[C@H](C)[C@@H]2C[C@H]1OC2=O. The zero-order chi connectivity index (χ0) is 15.4. The van der Waals surface area contributed by atoms with Crippen LogP contribution >= 0.6 is 0 Å². The van der Waals surface area contributed by atoms with E-state index in [-0.39, 0.29) is 60.2 Å². The molecule has 6 heteroatoms. The Morgan fingerprint density at radius 2 is 1.91 bits per heavy atom. The van der Waals surface area contributed by atoms with Crippen LogP contribution in [0.4, 0.5) is 0 Å². The van der Waals surface area contributed by atoms with E-state index in [0.29, 0.717) is 13.0 Å². The second-order valence-corrected chi connectivity index (χ2v) is 6.79. The van der Waals surface area contributed by atoms with Gasteiger partial charge in [0.05, 0.1) is 17.9 Å². The quantitative estimate of drug-likeness (QED) is 0.723. The number of esters is 2. The lowest BCUT2D eigenvalue weighted by molar-refractivity contribution is -0.191. The van der Waals surface area contributed by atoms with Gasteiger partial charge in [0, 0.05) is 18.9 Å². The third-order valence-corrected chi connectivity index (χ3v) is 5.67. The third-order valence-electron chi connectivity index (χ3n) is 5.67. The van der Waals surface area contributed by atoms with Crippen LogP contribution in [0.3, 0.4) is 0 Å². The minimum Gasteiger partial charge on any atom is -0.459 e. The Labute approximate surface area is 129 Å². The number of ether oxygens (including phenoxy) is 4. The highest BCUT2D eigenvalue weighted by molar-refractivity contribution is 5.77. The van der Waals surface area contributed by atoms with Gasteiger partial charge in [-0.3, -0.25) is 9.59 Å². The molecule has 0 aromatic carbocycles. The smallest absolute Gasteiger partial charge is 0.312 e. The van der Waals surface area contributed by atoms with Crippen LogP contribution in [-0.4, -0.2) is 49.1 Å². The van der Waals surface area contributed by atoms with Crippen molar-refractivity contribution in [3.63, 3.8) is 0 Å². The van der Waals surface area contributed by atoms with E-state index in [2.05, 4.69) is 0 Å². The summed E-state index contributed by atoms with van der Waals surface area (Å²) in [6.45, 7) is 4.32. The summed E-state index contributed by atoms with van der Waals surface area (Å²) in [6, 6.07) is 0. The van der Waals surface area contributed by atoms with Crippen molar-refractivity contribution in [3.8, 4) is 0 Å². The van der Waals surface area contributed by atoms with Crippen molar-refractivity contribution < 1.29 is 28.5 Å². The van der Waals surface area contributed by atoms with E-state index in [1.807, 2.05) is 13.8 Å². The number of cyclic esters (lactones) is 1. The molecule has 3 aliphatic heterocycles. The molecule has 0 aromatic heterocycles. The predicted molar refractivity (Wildman–Crippen MR) is 73.8 cm³/mol. The van der Waals surface area contributed by atoms with Crippen molar-refractivity contribution in [2.75, 3.05) is 6.61 Å². The average Bonchev–Trinajstić information content (AvgIpc) is 2.87. The Morgan fingerprint density at radius 1 is 1.14 bits per heavy atom. The van der Waals surface area contributed by atoms with Crippen LogP contribution in [0.1, 0.15) is 33.1 Å². The first-order chi connectivity index (χ1) is 10.6. The Morgan fingerprint density at radius 3 is 2.55 bits per heavy atom. The Bertz CT molecular complexity index is 491. The second kappa shape index (κ2) is 5.20. The molecule has 2 bridgehead atoms. The van der Waals surface area contributed by atoms with Gasteiger partial charge >= 0.3 is 11.9 Å². The fourth-order valence-corrected chi connectivity index (χ4v) is 4.34. The number of carbonyl (C=O) groups excluding carboxylic acids is 2. The summed E-state index contributed by atoms with van der Waals surface area (Å²) in [5.74, 6) is -0.229. The first-order valence-corrected chi connectivity index (χ1v) is 8.28. The molecule has 122 valence electrons. The lowest BCUT2D eigenvalue weighted by Gasteiger charge is -2.40. The van der Waals surface area contributed by atoms with Crippen LogP contribution in [0.5, 0.6) is 0 Å². The normalized spacial score (nSPS) is 47.5. The Hall–Kier alpha value is -1.14. The van der Waals surface area contributed by atoms with Gasteiger partial charge < -0.3 is 18.9 Å². The van der Waals surface area contributed by atoms with Crippen molar-refractivity contribution in [3.05, 3.63) is 0 Å². The third kappa shape index (κ3) is 2.00. The average molecular weight is 310 g/mol. The summed E-state index contributed by atoms with van der Waals surface area (Å²) in [5, 5.41) is 0. The van der Waals surface area contributed by atoms with Crippen LogP contribution < -0.4 is 0 Å². The first-order valence-electron chi connectivity index (χ1n) is 8.28. The molecule has 1 saturated carbocycles. The van der Waals surface area contributed by atoms with Crippen molar-refractivity contribution in [1.29, 1.82) is 0 Å². The molecular formula is C16H22O6. The van der Waals surface area contributed by atoms with Crippen LogP contribution in [0.2, 0.25) is 0 Å². The van der Waals surface area contributed by atoms with Crippen molar-refractivity contribution >= 4 is 11.9 Å². The highest BCUT2D eigenvalue weighted by atomic mass is 16.6. The lowest BCUT2D eigenvalue weighted by atomic mass is 9.70. The first kappa shape index (κ1) is 14.5. The van der Waals surface area contributed by atoms with Crippen molar-refractivity contribution in [1.82, 2.24) is 0 Å². The van der Waals surface area contributed by atoms with E-state index in [0.717, 1.165) is 12.8 Å². The number of hydrogen-bond acceptors (Lipinski definition) is 6. The molecule has 0 unspecified atom stereocenters. The Kier molecular flexibility index (Phi) is 3.42. The molecule has 1 aliphatic carbocycles. The number of hydrogen-bond donors (Lipinski definition) is 0. The molecule has 22 heavy (non-hydrogen) atoms.